The number of amides is 1. The molecule has 2 heterocycles. The fraction of sp³-hybridized carbons (Fsp3) is 0.227. The van der Waals surface area contributed by atoms with Crippen LogP contribution in [0.5, 0.6) is 5.75 Å². The molecule has 148 valence electrons. The predicted molar refractivity (Wildman–Crippen MR) is 106 cm³/mol. The second-order valence-electron chi connectivity index (χ2n) is 6.97. The topological polar surface area (TPSA) is 90.7 Å². The molecule has 0 aliphatic carbocycles. The van der Waals surface area contributed by atoms with E-state index in [1.165, 1.54) is 12.5 Å². The molecule has 1 atom stereocenters. The minimum atomic E-state index is -0.483. The van der Waals surface area contributed by atoms with Crippen LogP contribution in [-0.2, 0) is 22.6 Å². The van der Waals surface area contributed by atoms with Gasteiger partial charge in [-0.1, -0.05) is 17.3 Å². The number of carbonyl (C=O) groups is 2. The Morgan fingerprint density at radius 1 is 1.17 bits per heavy atom. The number of anilines is 1. The number of ether oxygens (including phenoxy) is 2. The number of fused-ring (bicyclic) bond motifs is 1. The first-order valence-electron chi connectivity index (χ1n) is 9.28. The average Bonchev–Trinajstić information content (AvgIpc) is 3.31. The van der Waals surface area contributed by atoms with E-state index in [-0.39, 0.29) is 18.6 Å². The summed E-state index contributed by atoms with van der Waals surface area (Å²) < 4.78 is 16.5. The van der Waals surface area contributed by atoms with Crippen LogP contribution in [0.4, 0.5) is 5.69 Å². The summed E-state index contributed by atoms with van der Waals surface area (Å²) in [6.45, 7) is 3.45. The number of aromatic nitrogens is 1. The Morgan fingerprint density at radius 3 is 2.72 bits per heavy atom. The van der Waals surface area contributed by atoms with E-state index < -0.39 is 5.97 Å². The summed E-state index contributed by atoms with van der Waals surface area (Å²) in [7, 11) is 0. The van der Waals surface area contributed by atoms with Gasteiger partial charge in [-0.15, -0.1) is 0 Å². The molecule has 7 nitrogen and oxygen atoms in total. The third-order valence-electron chi connectivity index (χ3n) is 4.54. The maximum Gasteiger partial charge on any atom is 0.338 e. The Hall–Kier alpha value is -3.61. The van der Waals surface area contributed by atoms with Crippen molar-refractivity contribution < 1.29 is 23.6 Å². The summed E-state index contributed by atoms with van der Waals surface area (Å²) in [5.74, 6) is 0.791. The molecule has 1 aromatic heterocycles. The molecule has 2 aromatic carbocycles. The van der Waals surface area contributed by atoms with Crippen molar-refractivity contribution in [2.24, 2.45) is 0 Å². The van der Waals surface area contributed by atoms with Gasteiger partial charge in [0, 0.05) is 30.7 Å². The molecule has 1 amide bonds. The maximum atomic E-state index is 12.2. The van der Waals surface area contributed by atoms with Gasteiger partial charge in [-0.05, 0) is 42.8 Å². The number of rotatable bonds is 5. The van der Waals surface area contributed by atoms with Crippen molar-refractivity contribution >= 4 is 17.6 Å². The van der Waals surface area contributed by atoms with Gasteiger partial charge in [0.1, 0.15) is 24.2 Å². The Kier molecular flexibility index (Phi) is 5.03. The van der Waals surface area contributed by atoms with Crippen LogP contribution in [0, 0.1) is 0 Å². The number of nitrogens with one attached hydrogen (secondary N) is 1. The number of hydrogen-bond donors (Lipinski definition) is 1. The Bertz CT molecular complexity index is 1060. The van der Waals surface area contributed by atoms with Crippen LogP contribution >= 0.6 is 0 Å². The zero-order chi connectivity index (χ0) is 20.4. The smallest absolute Gasteiger partial charge is 0.338 e. The highest BCUT2D eigenvalue weighted by molar-refractivity contribution is 5.92. The first-order valence-corrected chi connectivity index (χ1v) is 9.28. The van der Waals surface area contributed by atoms with Crippen LogP contribution < -0.4 is 10.1 Å². The number of carbonyl (C=O) groups excluding carboxylic acids is 2. The standard InChI is InChI=1S/C22H20N2O5/c1-13-9-16-3-4-17(10-20(16)28-13)21-11-19(24-29-21)12-27-22(26)15-5-7-18(8-6-15)23-14(2)25/h3-8,10-11,13H,9,12H2,1-2H3,(H,23,25). The summed E-state index contributed by atoms with van der Waals surface area (Å²) >= 11 is 0. The number of esters is 1. The van der Waals surface area contributed by atoms with Gasteiger partial charge in [0.25, 0.3) is 0 Å². The van der Waals surface area contributed by atoms with Gasteiger partial charge in [0.15, 0.2) is 5.76 Å². The van der Waals surface area contributed by atoms with Crippen molar-refractivity contribution in [3.8, 4) is 17.1 Å². The Labute approximate surface area is 167 Å². The predicted octanol–water partition coefficient (Wildman–Crippen LogP) is 3.98. The van der Waals surface area contributed by atoms with E-state index in [2.05, 4.69) is 10.5 Å². The third kappa shape index (κ3) is 4.29. The van der Waals surface area contributed by atoms with Gasteiger partial charge in [0.2, 0.25) is 5.91 Å². The summed E-state index contributed by atoms with van der Waals surface area (Å²) in [4.78, 5) is 23.2. The number of benzene rings is 2. The summed E-state index contributed by atoms with van der Waals surface area (Å²) in [6.07, 6.45) is 1.08. The zero-order valence-corrected chi connectivity index (χ0v) is 16.1. The first-order chi connectivity index (χ1) is 14.0. The molecule has 29 heavy (non-hydrogen) atoms. The lowest BCUT2D eigenvalue weighted by Gasteiger charge is -2.05. The van der Waals surface area contributed by atoms with E-state index >= 15 is 0 Å². The lowest BCUT2D eigenvalue weighted by Crippen LogP contribution is -2.07. The molecule has 0 radical (unpaired) electrons. The average molecular weight is 392 g/mol. The van der Waals surface area contributed by atoms with Crippen molar-refractivity contribution in [1.82, 2.24) is 5.16 Å². The molecule has 0 bridgehead atoms. The summed E-state index contributed by atoms with van der Waals surface area (Å²) in [6, 6.07) is 14.1. The van der Waals surface area contributed by atoms with Crippen LogP contribution in [0.1, 0.15) is 35.5 Å². The maximum absolute atomic E-state index is 12.2. The van der Waals surface area contributed by atoms with Gasteiger partial charge in [-0.3, -0.25) is 4.79 Å². The molecular formula is C22H20N2O5. The van der Waals surface area contributed by atoms with Crippen molar-refractivity contribution in [2.75, 3.05) is 5.32 Å². The zero-order valence-electron chi connectivity index (χ0n) is 16.1. The van der Waals surface area contributed by atoms with Crippen molar-refractivity contribution in [2.45, 2.75) is 33.0 Å². The van der Waals surface area contributed by atoms with Crippen LogP contribution in [0.15, 0.2) is 53.1 Å². The van der Waals surface area contributed by atoms with Gasteiger partial charge < -0.3 is 19.3 Å². The van der Waals surface area contributed by atoms with Crippen molar-refractivity contribution in [3.05, 3.63) is 65.4 Å². The van der Waals surface area contributed by atoms with Crippen LogP contribution in [0.3, 0.4) is 0 Å². The third-order valence-corrected chi connectivity index (χ3v) is 4.54. The van der Waals surface area contributed by atoms with E-state index in [9.17, 15) is 9.59 Å². The molecule has 7 heteroatoms. The summed E-state index contributed by atoms with van der Waals surface area (Å²) in [5.41, 5.74) is 3.55. The van der Waals surface area contributed by atoms with Crippen molar-refractivity contribution in [3.63, 3.8) is 0 Å². The minimum Gasteiger partial charge on any atom is -0.490 e. The van der Waals surface area contributed by atoms with Gasteiger partial charge >= 0.3 is 5.97 Å². The quantitative estimate of drug-likeness (QED) is 0.661. The molecule has 0 saturated carbocycles. The van der Waals surface area contributed by atoms with Gasteiger partial charge in [0.05, 0.1) is 5.56 Å². The molecule has 3 aromatic rings. The second-order valence-corrected chi connectivity index (χ2v) is 6.97. The molecule has 4 rings (SSSR count). The molecule has 1 unspecified atom stereocenters. The van der Waals surface area contributed by atoms with E-state index in [4.69, 9.17) is 14.0 Å². The fourth-order valence-electron chi connectivity index (χ4n) is 3.19. The molecule has 0 spiro atoms. The van der Waals surface area contributed by atoms with Crippen LogP contribution in [0.25, 0.3) is 11.3 Å². The Morgan fingerprint density at radius 2 is 1.97 bits per heavy atom. The SMILES string of the molecule is CC(=O)Nc1ccc(C(=O)OCc2cc(-c3ccc4c(c3)OC(C)C4)on2)cc1. The first kappa shape index (κ1) is 18.7. The molecule has 0 saturated heterocycles. The van der Waals surface area contributed by atoms with Crippen molar-refractivity contribution in [1.29, 1.82) is 0 Å². The normalized spacial score (nSPS) is 14.8. The lowest BCUT2D eigenvalue weighted by molar-refractivity contribution is -0.114. The monoisotopic (exact) mass is 392 g/mol. The van der Waals surface area contributed by atoms with E-state index in [0.29, 0.717) is 22.7 Å². The minimum absolute atomic E-state index is 0.00570. The van der Waals surface area contributed by atoms with E-state index in [0.717, 1.165) is 17.7 Å². The molecule has 1 aliphatic rings. The van der Waals surface area contributed by atoms with Crippen LogP contribution in [-0.4, -0.2) is 23.1 Å². The number of nitrogens with zero attached hydrogens (tertiary/aromatic N) is 1. The highest BCUT2D eigenvalue weighted by Gasteiger charge is 2.20. The molecule has 0 fully saturated rings. The number of hydrogen-bond acceptors (Lipinski definition) is 6. The molecule has 1 aliphatic heterocycles. The lowest BCUT2D eigenvalue weighted by atomic mass is 10.1. The fourth-order valence-corrected chi connectivity index (χ4v) is 3.19. The van der Waals surface area contributed by atoms with E-state index in [1.807, 2.05) is 25.1 Å². The van der Waals surface area contributed by atoms with Gasteiger partial charge in [-0.2, -0.15) is 0 Å². The largest absolute Gasteiger partial charge is 0.490 e. The molecular weight excluding hydrogens is 372 g/mol. The Balaban J connectivity index is 1.38. The summed E-state index contributed by atoms with van der Waals surface area (Å²) in [5, 5.41) is 6.62. The highest BCUT2D eigenvalue weighted by atomic mass is 16.5. The second kappa shape index (κ2) is 7.79. The van der Waals surface area contributed by atoms with E-state index in [1.54, 1.807) is 30.3 Å². The highest BCUT2D eigenvalue weighted by Crippen LogP contribution is 2.33. The van der Waals surface area contributed by atoms with Crippen LogP contribution in [0.2, 0.25) is 0 Å². The van der Waals surface area contributed by atoms with Gasteiger partial charge in [-0.25, -0.2) is 4.79 Å². The molecule has 1 N–H and O–H groups in total.